The molecule has 0 amide bonds. The van der Waals surface area contributed by atoms with Crippen LogP contribution in [-0.4, -0.2) is 143 Å². The zero-order chi connectivity index (χ0) is 23.9. The highest BCUT2D eigenvalue weighted by atomic mass is 35.5. The number of hydrogen-bond acceptors (Lipinski definition) is 4. The second-order valence-corrected chi connectivity index (χ2v) is 8.33. The molecule has 2 rings (SSSR count). The maximum absolute atomic E-state index is 6.01. The molecule has 0 atom stereocenters. The molecule has 1 heterocycles. The van der Waals surface area contributed by atoms with E-state index >= 15 is 0 Å². The summed E-state index contributed by atoms with van der Waals surface area (Å²) in [6, 6.07) is 6.80. The molecule has 0 aliphatic carbocycles. The van der Waals surface area contributed by atoms with Crippen molar-refractivity contribution in [3.8, 4) is 5.75 Å². The van der Waals surface area contributed by atoms with Gasteiger partial charge in [0.15, 0.2) is 0 Å². The Morgan fingerprint density at radius 3 is 1.61 bits per heavy atom. The van der Waals surface area contributed by atoms with Gasteiger partial charge in [-0.15, -0.1) is 11.6 Å². The van der Waals surface area contributed by atoms with Crippen molar-refractivity contribution in [3.63, 3.8) is 0 Å². The van der Waals surface area contributed by atoms with E-state index in [1.54, 1.807) is 29.2 Å². The van der Waals surface area contributed by atoms with Gasteiger partial charge in [-0.2, -0.15) is 0 Å². The lowest BCUT2D eigenvalue weighted by atomic mass is 9.40. The summed E-state index contributed by atoms with van der Waals surface area (Å²) in [7, 11) is 62.6. The molecule has 1 aliphatic heterocycles. The summed E-state index contributed by atoms with van der Waals surface area (Å²) in [6.07, 6.45) is 0. The molecule has 4 nitrogen and oxygen atoms in total. The third-order valence-electron chi connectivity index (χ3n) is 4.86. The molecule has 134 valence electrons. The fourth-order valence-electron chi connectivity index (χ4n) is 2.95. The Labute approximate surface area is 204 Å². The van der Waals surface area contributed by atoms with E-state index < -0.39 is 26.1 Å². The number of nitrogens with zero attached hydrogens (tertiary/aromatic N) is 2. The van der Waals surface area contributed by atoms with Gasteiger partial charge in [-0.25, -0.2) is 0 Å². The molecule has 22 radical (unpaired) electrons. The maximum Gasteiger partial charge on any atom is 0.118 e. The van der Waals surface area contributed by atoms with Gasteiger partial charge in [0.05, 0.1) is 54.9 Å². The molecule has 0 spiro atoms. The van der Waals surface area contributed by atoms with E-state index in [1.807, 2.05) is 0 Å². The van der Waals surface area contributed by atoms with Crippen LogP contribution in [-0.2, 0) is 4.74 Å². The first-order valence-corrected chi connectivity index (χ1v) is 9.59. The predicted molar refractivity (Wildman–Crippen MR) is 135 cm³/mol. The zero-order valence-electron chi connectivity index (χ0n) is 17.1. The number of ether oxygens (including phenoxy) is 2. The number of rotatable bonds is 8. The van der Waals surface area contributed by atoms with E-state index in [1.165, 1.54) is 0 Å². The Hall–Kier alpha value is -0.256. The molecular formula is C15H12B11ClN2O2. The monoisotopic (exact) mass is 408 g/mol. The van der Waals surface area contributed by atoms with Gasteiger partial charge in [-0.1, -0.05) is 5.34 Å². The van der Waals surface area contributed by atoms with Crippen LogP contribution in [0.4, 0.5) is 5.69 Å². The lowest BCUT2D eigenvalue weighted by Gasteiger charge is -2.52. The molecule has 0 N–H and O–H groups in total. The highest BCUT2D eigenvalue weighted by molar-refractivity contribution is 6.70. The molecule has 1 aliphatic rings. The van der Waals surface area contributed by atoms with Crippen LogP contribution in [0.3, 0.4) is 0 Å². The average Bonchev–Trinajstić information content (AvgIpc) is 2.59. The van der Waals surface area contributed by atoms with Gasteiger partial charge in [-0.3, -0.25) is 0 Å². The molecular weight excluding hydrogens is 395 g/mol. The average molecular weight is 407 g/mol. The van der Waals surface area contributed by atoms with Gasteiger partial charge in [0.1, 0.15) is 37.1 Å². The highest BCUT2D eigenvalue weighted by Gasteiger charge is 2.40. The van der Waals surface area contributed by atoms with E-state index in [0.29, 0.717) is 26.2 Å². The van der Waals surface area contributed by atoms with Crippen molar-refractivity contribution in [2.45, 2.75) is 26.1 Å². The van der Waals surface area contributed by atoms with Gasteiger partial charge < -0.3 is 19.3 Å². The smallest absolute Gasteiger partial charge is 0.118 e. The SMILES string of the molecule is [B]C([B])([B])OC([B])([B])C([B])([B])Oc1ccc(N2CCN(C([B])([B])C([B])([B])Cl)CC2)cc1. The Morgan fingerprint density at radius 1 is 0.710 bits per heavy atom. The number of alkyl halides is 1. The number of halogens is 1. The van der Waals surface area contributed by atoms with Crippen molar-refractivity contribution >= 4 is 104 Å². The third-order valence-corrected chi connectivity index (χ3v) is 5.16. The second kappa shape index (κ2) is 9.18. The molecule has 1 fully saturated rings. The molecule has 0 unspecified atom stereocenters. The summed E-state index contributed by atoms with van der Waals surface area (Å²) in [4.78, 5) is 3.81. The minimum atomic E-state index is -2.30. The number of benzene rings is 1. The zero-order valence-corrected chi connectivity index (χ0v) is 17.8. The van der Waals surface area contributed by atoms with Crippen molar-refractivity contribution < 1.29 is 9.47 Å². The van der Waals surface area contributed by atoms with Crippen LogP contribution in [0.2, 0.25) is 0 Å². The fourth-order valence-corrected chi connectivity index (χ4v) is 3.07. The van der Waals surface area contributed by atoms with Gasteiger partial charge in [-0.05, 0) is 34.2 Å². The summed E-state index contributed by atoms with van der Waals surface area (Å²) in [5.41, 5.74) is 0.886. The van der Waals surface area contributed by atoms with E-state index in [4.69, 9.17) is 107 Å². The van der Waals surface area contributed by atoms with E-state index in [-0.39, 0.29) is 5.75 Å². The molecule has 1 aromatic rings. The summed E-state index contributed by atoms with van der Waals surface area (Å²) in [5.74, 6) is 0.258. The van der Waals surface area contributed by atoms with Crippen LogP contribution in [0.5, 0.6) is 5.75 Å². The molecule has 1 aromatic carbocycles. The van der Waals surface area contributed by atoms with Crippen LogP contribution < -0.4 is 9.64 Å². The first-order chi connectivity index (χ1) is 13.9. The first-order valence-electron chi connectivity index (χ1n) is 9.21. The van der Waals surface area contributed by atoms with Gasteiger partial charge in [0, 0.05) is 42.7 Å². The second-order valence-electron chi connectivity index (χ2n) is 7.71. The van der Waals surface area contributed by atoms with Crippen molar-refractivity contribution in [1.82, 2.24) is 4.90 Å². The van der Waals surface area contributed by atoms with E-state index in [0.717, 1.165) is 5.69 Å². The van der Waals surface area contributed by atoms with Crippen molar-refractivity contribution in [2.24, 2.45) is 0 Å². The lowest BCUT2D eigenvalue weighted by molar-refractivity contribution is 0.00241. The normalized spacial score (nSPS) is 17.4. The summed E-state index contributed by atoms with van der Waals surface area (Å²) in [6.45, 7) is 2.16. The van der Waals surface area contributed by atoms with E-state index in [2.05, 4.69) is 4.90 Å². The Balaban J connectivity index is 2.02. The van der Waals surface area contributed by atoms with Crippen LogP contribution in [0.1, 0.15) is 0 Å². The molecule has 31 heavy (non-hydrogen) atoms. The molecule has 1 saturated heterocycles. The standard InChI is InChI=1S/C15H12B11ClN2O2/c16-11(17,27)12(18,19)29-7-5-28(6-8-29)9-1-3-10(4-2-9)30-13(20,21)14(22,23)31-15(24,25)26/h1-4H,5-8H2. The van der Waals surface area contributed by atoms with E-state index in [9.17, 15) is 0 Å². The lowest BCUT2D eigenvalue weighted by Crippen LogP contribution is -2.67. The summed E-state index contributed by atoms with van der Waals surface area (Å²) in [5, 5.41) is -8.27. The van der Waals surface area contributed by atoms with Crippen molar-refractivity contribution in [2.75, 3.05) is 31.1 Å². The maximum atomic E-state index is 6.01. The largest absolute Gasteiger partial charge is 0.506 e. The summed E-state index contributed by atoms with van der Waals surface area (Å²) < 4.78 is 8.58. The topological polar surface area (TPSA) is 24.9 Å². The van der Waals surface area contributed by atoms with Gasteiger partial charge in [0.2, 0.25) is 0 Å². The molecule has 0 bridgehead atoms. The fraction of sp³-hybridized carbons (Fsp3) is 0.600. The first kappa shape index (κ1) is 27.0. The Kier molecular flexibility index (Phi) is 7.99. The summed E-state index contributed by atoms with van der Waals surface area (Å²) >= 11 is 5.92. The minimum Gasteiger partial charge on any atom is -0.506 e. The van der Waals surface area contributed by atoms with Crippen LogP contribution >= 0.6 is 11.6 Å². The van der Waals surface area contributed by atoms with Crippen LogP contribution in [0.15, 0.2) is 24.3 Å². The number of hydrogen-bond donors (Lipinski definition) is 0. The Bertz CT molecular complexity index is 745. The highest BCUT2D eigenvalue weighted by Crippen LogP contribution is 2.29. The molecule has 0 aromatic heterocycles. The van der Waals surface area contributed by atoms with Crippen LogP contribution in [0, 0.1) is 0 Å². The van der Waals surface area contributed by atoms with Gasteiger partial charge >= 0.3 is 0 Å². The number of anilines is 1. The Morgan fingerprint density at radius 2 is 1.19 bits per heavy atom. The predicted octanol–water partition coefficient (Wildman–Crippen LogP) is -3.48. The van der Waals surface area contributed by atoms with Crippen molar-refractivity contribution in [3.05, 3.63) is 24.3 Å². The molecule has 16 heteroatoms. The minimum absolute atomic E-state index is 0.258. The van der Waals surface area contributed by atoms with Crippen LogP contribution in [0.25, 0.3) is 0 Å². The quantitative estimate of drug-likeness (QED) is 0.331. The number of piperazine rings is 1. The third kappa shape index (κ3) is 6.63. The van der Waals surface area contributed by atoms with Crippen molar-refractivity contribution in [1.29, 1.82) is 0 Å². The molecule has 0 saturated carbocycles. The van der Waals surface area contributed by atoms with Gasteiger partial charge in [0.25, 0.3) is 0 Å².